The van der Waals surface area contributed by atoms with Crippen LogP contribution in [-0.4, -0.2) is 9.97 Å². The smallest absolute Gasteiger partial charge is 0.111 e. The van der Waals surface area contributed by atoms with Gasteiger partial charge in [-0.25, -0.2) is 4.98 Å². The highest BCUT2D eigenvalue weighted by molar-refractivity contribution is 5.87. The number of nitrogen functional groups attached to an aromatic ring is 1. The molecule has 3 N–H and O–H groups in total. The first-order valence-electron chi connectivity index (χ1n) is 6.62. The molecular weight excluding hydrogens is 234 g/mol. The van der Waals surface area contributed by atoms with E-state index < -0.39 is 0 Å². The van der Waals surface area contributed by atoms with E-state index in [-0.39, 0.29) is 0 Å². The first-order valence-corrected chi connectivity index (χ1v) is 6.62. The molecular formula is C16H15N3. The van der Waals surface area contributed by atoms with Crippen LogP contribution in [-0.2, 0) is 0 Å². The van der Waals surface area contributed by atoms with Crippen LogP contribution in [0.5, 0.6) is 0 Å². The molecule has 2 aromatic carbocycles. The number of benzene rings is 2. The predicted molar refractivity (Wildman–Crippen MR) is 77.0 cm³/mol. The maximum atomic E-state index is 5.95. The Morgan fingerprint density at radius 3 is 2.63 bits per heavy atom. The van der Waals surface area contributed by atoms with Crippen molar-refractivity contribution in [1.82, 2.24) is 9.97 Å². The summed E-state index contributed by atoms with van der Waals surface area (Å²) in [7, 11) is 0. The van der Waals surface area contributed by atoms with Crippen LogP contribution < -0.4 is 5.73 Å². The molecule has 0 aliphatic heterocycles. The number of hydrogen-bond acceptors (Lipinski definition) is 2. The van der Waals surface area contributed by atoms with Crippen LogP contribution >= 0.6 is 0 Å². The molecule has 3 nitrogen and oxygen atoms in total. The molecule has 0 spiro atoms. The topological polar surface area (TPSA) is 54.7 Å². The Labute approximate surface area is 111 Å². The molecule has 0 bridgehead atoms. The maximum Gasteiger partial charge on any atom is 0.111 e. The maximum absolute atomic E-state index is 5.95. The van der Waals surface area contributed by atoms with Crippen LogP contribution in [0.15, 0.2) is 48.5 Å². The van der Waals surface area contributed by atoms with Gasteiger partial charge in [0.15, 0.2) is 0 Å². The number of rotatable bonds is 2. The van der Waals surface area contributed by atoms with Crippen LogP contribution in [0, 0.1) is 0 Å². The van der Waals surface area contributed by atoms with E-state index >= 15 is 0 Å². The van der Waals surface area contributed by atoms with Gasteiger partial charge in [0.1, 0.15) is 11.3 Å². The zero-order valence-corrected chi connectivity index (χ0v) is 10.5. The zero-order valence-electron chi connectivity index (χ0n) is 10.5. The number of nitrogens with two attached hydrogens (primary N) is 1. The van der Waals surface area contributed by atoms with Crippen LogP contribution in [0.25, 0.3) is 11.0 Å². The number of anilines is 1. The van der Waals surface area contributed by atoms with Gasteiger partial charge in [0.25, 0.3) is 0 Å². The lowest BCUT2D eigenvalue weighted by atomic mass is 10.1. The number of H-pyrrole nitrogens is 1. The molecule has 1 fully saturated rings. The van der Waals surface area contributed by atoms with Gasteiger partial charge in [-0.3, -0.25) is 0 Å². The minimum absolute atomic E-state index is 0.509. The van der Waals surface area contributed by atoms with Crippen LogP contribution in [0.4, 0.5) is 5.69 Å². The fourth-order valence-corrected chi connectivity index (χ4v) is 2.81. The minimum Gasteiger partial charge on any atom is -0.397 e. The molecule has 1 heterocycles. The van der Waals surface area contributed by atoms with Crippen molar-refractivity contribution in [2.75, 3.05) is 5.73 Å². The molecule has 1 aliphatic rings. The molecule has 0 radical (unpaired) electrons. The average Bonchev–Trinajstić information content (AvgIpc) is 3.12. The third-order valence-corrected chi connectivity index (χ3v) is 3.93. The number of imidazole rings is 1. The van der Waals surface area contributed by atoms with Gasteiger partial charge in [0.2, 0.25) is 0 Å². The molecule has 0 amide bonds. The highest BCUT2D eigenvalue weighted by Crippen LogP contribution is 2.53. The van der Waals surface area contributed by atoms with Crippen molar-refractivity contribution < 1.29 is 0 Å². The highest BCUT2D eigenvalue weighted by atomic mass is 15.0. The molecule has 1 aliphatic carbocycles. The Hall–Kier alpha value is -2.29. The molecule has 3 heteroatoms. The predicted octanol–water partition coefficient (Wildman–Crippen LogP) is 3.42. The molecule has 2 atom stereocenters. The second-order valence-electron chi connectivity index (χ2n) is 5.22. The molecule has 94 valence electrons. The van der Waals surface area contributed by atoms with Gasteiger partial charge in [-0.2, -0.15) is 0 Å². The van der Waals surface area contributed by atoms with Gasteiger partial charge in [0.05, 0.1) is 11.2 Å². The van der Waals surface area contributed by atoms with Crippen molar-refractivity contribution in [3.63, 3.8) is 0 Å². The Bertz CT molecular complexity index is 730. The van der Waals surface area contributed by atoms with Gasteiger partial charge < -0.3 is 10.7 Å². The summed E-state index contributed by atoms with van der Waals surface area (Å²) in [6, 6.07) is 16.5. The highest BCUT2D eigenvalue weighted by Gasteiger charge is 2.41. The molecule has 1 saturated carbocycles. The summed E-state index contributed by atoms with van der Waals surface area (Å²) >= 11 is 0. The molecule has 1 aromatic heterocycles. The molecule has 2 unspecified atom stereocenters. The Morgan fingerprint density at radius 2 is 1.84 bits per heavy atom. The summed E-state index contributed by atoms with van der Waals surface area (Å²) in [6.45, 7) is 0. The van der Waals surface area contributed by atoms with E-state index in [0.717, 1.165) is 22.5 Å². The van der Waals surface area contributed by atoms with E-state index in [4.69, 9.17) is 5.73 Å². The summed E-state index contributed by atoms with van der Waals surface area (Å²) in [4.78, 5) is 8.08. The summed E-state index contributed by atoms with van der Waals surface area (Å²) in [5, 5.41) is 0. The van der Waals surface area contributed by atoms with E-state index in [1.807, 2.05) is 18.2 Å². The lowest BCUT2D eigenvalue weighted by Crippen LogP contribution is -1.87. The number of para-hydroxylation sites is 1. The van der Waals surface area contributed by atoms with Crippen LogP contribution in [0.2, 0.25) is 0 Å². The van der Waals surface area contributed by atoms with Crippen molar-refractivity contribution in [2.24, 2.45) is 0 Å². The fraction of sp³-hybridized carbons (Fsp3) is 0.188. The number of hydrogen-bond donors (Lipinski definition) is 2. The van der Waals surface area contributed by atoms with E-state index in [1.54, 1.807) is 0 Å². The number of nitrogens with zero attached hydrogens (tertiary/aromatic N) is 1. The Kier molecular flexibility index (Phi) is 2.15. The fourth-order valence-electron chi connectivity index (χ4n) is 2.81. The lowest BCUT2D eigenvalue weighted by molar-refractivity contribution is 0.938. The summed E-state index contributed by atoms with van der Waals surface area (Å²) in [5.41, 5.74) is 10.0. The Balaban J connectivity index is 1.68. The van der Waals surface area contributed by atoms with Crippen molar-refractivity contribution >= 4 is 16.7 Å². The van der Waals surface area contributed by atoms with Gasteiger partial charge >= 0.3 is 0 Å². The second-order valence-corrected chi connectivity index (χ2v) is 5.22. The number of aromatic nitrogens is 2. The van der Waals surface area contributed by atoms with E-state index in [1.165, 1.54) is 12.0 Å². The standard InChI is InChI=1S/C16H15N3/c17-13-7-4-8-14-15(13)19-16(18-14)12-9-11(12)10-5-2-1-3-6-10/h1-8,11-12H,9,17H2,(H,18,19). The minimum atomic E-state index is 0.509. The monoisotopic (exact) mass is 249 g/mol. The normalized spacial score (nSPS) is 21.7. The molecule has 0 saturated heterocycles. The molecule has 19 heavy (non-hydrogen) atoms. The lowest BCUT2D eigenvalue weighted by Gasteiger charge is -1.97. The van der Waals surface area contributed by atoms with Crippen LogP contribution in [0.1, 0.15) is 29.6 Å². The first-order chi connectivity index (χ1) is 9.33. The third kappa shape index (κ3) is 1.70. The van der Waals surface area contributed by atoms with E-state index in [0.29, 0.717) is 11.8 Å². The summed E-state index contributed by atoms with van der Waals surface area (Å²) in [6.07, 6.45) is 1.17. The van der Waals surface area contributed by atoms with Crippen LogP contribution in [0.3, 0.4) is 0 Å². The van der Waals surface area contributed by atoms with Crippen molar-refractivity contribution in [3.05, 3.63) is 59.9 Å². The zero-order chi connectivity index (χ0) is 12.8. The van der Waals surface area contributed by atoms with E-state index in [9.17, 15) is 0 Å². The van der Waals surface area contributed by atoms with Gasteiger partial charge in [-0.15, -0.1) is 0 Å². The first kappa shape index (κ1) is 10.6. The quantitative estimate of drug-likeness (QED) is 0.684. The Morgan fingerprint density at radius 1 is 1.00 bits per heavy atom. The third-order valence-electron chi connectivity index (χ3n) is 3.93. The second kappa shape index (κ2) is 3.85. The summed E-state index contributed by atoms with van der Waals surface area (Å²) < 4.78 is 0. The van der Waals surface area contributed by atoms with Gasteiger partial charge in [0, 0.05) is 5.92 Å². The number of aromatic amines is 1. The average molecular weight is 249 g/mol. The number of fused-ring (bicyclic) bond motifs is 1. The SMILES string of the molecule is Nc1cccc2[nH]c(C3CC3c3ccccc3)nc12. The van der Waals surface area contributed by atoms with Crippen molar-refractivity contribution in [2.45, 2.75) is 18.3 Å². The molecule has 4 rings (SSSR count). The van der Waals surface area contributed by atoms with E-state index in [2.05, 4.69) is 40.3 Å². The van der Waals surface area contributed by atoms with Gasteiger partial charge in [-0.1, -0.05) is 36.4 Å². The van der Waals surface area contributed by atoms with Crippen molar-refractivity contribution in [1.29, 1.82) is 0 Å². The summed E-state index contributed by atoms with van der Waals surface area (Å²) in [5.74, 6) is 2.18. The van der Waals surface area contributed by atoms with Crippen molar-refractivity contribution in [3.8, 4) is 0 Å². The molecule has 3 aromatic rings. The largest absolute Gasteiger partial charge is 0.397 e. The number of nitrogens with one attached hydrogen (secondary N) is 1. The van der Waals surface area contributed by atoms with Gasteiger partial charge in [-0.05, 0) is 30.0 Å².